The number of nitrogens with two attached hydrogens (primary N) is 1. The third-order valence-electron chi connectivity index (χ3n) is 3.00. The molecule has 3 rings (SSSR count). The Bertz CT molecular complexity index is 520. The largest absolute Gasteiger partial charge is 0.507 e. The van der Waals surface area contributed by atoms with Gasteiger partial charge in [0.05, 0.1) is 0 Å². The number of benzene rings is 1. The van der Waals surface area contributed by atoms with E-state index in [2.05, 4.69) is 12.1 Å². The number of phenols is 1. The van der Waals surface area contributed by atoms with Gasteiger partial charge in [-0.1, -0.05) is 12.1 Å². The molecular formula is C13H13NOS. The van der Waals surface area contributed by atoms with Gasteiger partial charge >= 0.3 is 0 Å². The van der Waals surface area contributed by atoms with E-state index >= 15 is 0 Å². The van der Waals surface area contributed by atoms with E-state index in [4.69, 9.17) is 5.73 Å². The molecule has 82 valence electrons. The monoisotopic (exact) mass is 231 g/mol. The lowest BCUT2D eigenvalue weighted by atomic mass is 10.1. The van der Waals surface area contributed by atoms with Gasteiger partial charge < -0.3 is 10.8 Å². The minimum Gasteiger partial charge on any atom is -0.507 e. The number of hydrogen-bond acceptors (Lipinski definition) is 3. The molecule has 0 amide bonds. The predicted molar refractivity (Wildman–Crippen MR) is 66.8 cm³/mol. The third-order valence-corrected chi connectivity index (χ3v) is 4.25. The van der Waals surface area contributed by atoms with E-state index in [1.807, 2.05) is 18.2 Å². The van der Waals surface area contributed by atoms with E-state index in [0.717, 1.165) is 16.9 Å². The van der Waals surface area contributed by atoms with Crippen molar-refractivity contribution in [2.75, 3.05) is 0 Å². The van der Waals surface area contributed by atoms with Gasteiger partial charge in [0.15, 0.2) is 0 Å². The van der Waals surface area contributed by atoms with Crippen molar-refractivity contribution in [3.63, 3.8) is 0 Å². The van der Waals surface area contributed by atoms with Gasteiger partial charge in [0.25, 0.3) is 0 Å². The predicted octanol–water partition coefficient (Wildman–Crippen LogP) is 2.94. The highest BCUT2D eigenvalue weighted by Gasteiger charge is 2.35. The van der Waals surface area contributed by atoms with Crippen LogP contribution < -0.4 is 5.73 Å². The van der Waals surface area contributed by atoms with Crippen LogP contribution in [0.3, 0.4) is 0 Å². The number of thiophene rings is 1. The van der Waals surface area contributed by atoms with Gasteiger partial charge in [-0.3, -0.25) is 0 Å². The molecule has 1 saturated carbocycles. The van der Waals surface area contributed by atoms with Crippen LogP contribution in [0.2, 0.25) is 0 Å². The van der Waals surface area contributed by atoms with E-state index in [0.29, 0.717) is 17.7 Å². The SMILES string of the molecule is N[C@@H]1C[C@H]1c1ccc(-c2ccccc2O)s1. The quantitative estimate of drug-likeness (QED) is 0.834. The van der Waals surface area contributed by atoms with Crippen molar-refractivity contribution in [2.24, 2.45) is 5.73 Å². The van der Waals surface area contributed by atoms with Gasteiger partial charge in [-0.15, -0.1) is 11.3 Å². The summed E-state index contributed by atoms with van der Waals surface area (Å²) in [5, 5.41) is 9.76. The molecular weight excluding hydrogens is 218 g/mol. The van der Waals surface area contributed by atoms with Gasteiger partial charge in [0.2, 0.25) is 0 Å². The zero-order valence-electron chi connectivity index (χ0n) is 8.76. The molecule has 0 aliphatic heterocycles. The molecule has 1 fully saturated rings. The molecule has 1 heterocycles. The van der Waals surface area contributed by atoms with Crippen LogP contribution in [0.25, 0.3) is 10.4 Å². The lowest BCUT2D eigenvalue weighted by molar-refractivity contribution is 0.477. The Balaban J connectivity index is 1.95. The summed E-state index contributed by atoms with van der Waals surface area (Å²) in [5.74, 6) is 0.889. The summed E-state index contributed by atoms with van der Waals surface area (Å²) in [5.41, 5.74) is 6.74. The molecule has 1 aliphatic rings. The van der Waals surface area contributed by atoms with E-state index in [9.17, 15) is 5.11 Å². The second-order valence-electron chi connectivity index (χ2n) is 4.23. The van der Waals surface area contributed by atoms with Crippen molar-refractivity contribution in [1.82, 2.24) is 0 Å². The molecule has 2 aromatic rings. The number of hydrogen-bond donors (Lipinski definition) is 2. The standard InChI is InChI=1S/C13H13NOS/c14-10-7-9(10)13-6-5-12(16-13)8-3-1-2-4-11(8)15/h1-6,9-10,15H,7,14H2/t9-,10-/m1/s1. The fraction of sp³-hybridized carbons (Fsp3) is 0.231. The maximum Gasteiger partial charge on any atom is 0.124 e. The fourth-order valence-corrected chi connectivity index (χ4v) is 3.15. The topological polar surface area (TPSA) is 46.2 Å². The van der Waals surface area contributed by atoms with Crippen LogP contribution in [0.5, 0.6) is 5.75 Å². The summed E-state index contributed by atoms with van der Waals surface area (Å²) in [4.78, 5) is 2.46. The average molecular weight is 231 g/mol. The molecule has 1 aromatic heterocycles. The summed E-state index contributed by atoms with van der Waals surface area (Å²) in [6.45, 7) is 0. The Morgan fingerprint density at radius 1 is 1.19 bits per heavy atom. The molecule has 16 heavy (non-hydrogen) atoms. The van der Waals surface area contributed by atoms with Crippen LogP contribution in [-0.4, -0.2) is 11.1 Å². The molecule has 0 spiro atoms. The fourth-order valence-electron chi connectivity index (χ4n) is 1.92. The van der Waals surface area contributed by atoms with Crippen molar-refractivity contribution in [2.45, 2.75) is 18.4 Å². The van der Waals surface area contributed by atoms with Crippen LogP contribution in [0.1, 0.15) is 17.2 Å². The lowest BCUT2D eigenvalue weighted by Gasteiger charge is -2.00. The van der Waals surface area contributed by atoms with Crippen LogP contribution >= 0.6 is 11.3 Å². The number of phenolic OH excluding ortho intramolecular Hbond substituents is 1. The molecule has 2 atom stereocenters. The van der Waals surface area contributed by atoms with E-state index in [1.165, 1.54) is 4.88 Å². The summed E-state index contributed by atoms with van der Waals surface area (Å²) in [7, 11) is 0. The normalized spacial score (nSPS) is 23.3. The highest BCUT2D eigenvalue weighted by molar-refractivity contribution is 7.15. The molecule has 0 bridgehead atoms. The Hall–Kier alpha value is -1.32. The number of aromatic hydroxyl groups is 1. The summed E-state index contributed by atoms with van der Waals surface area (Å²) < 4.78 is 0. The lowest BCUT2D eigenvalue weighted by Crippen LogP contribution is -1.99. The van der Waals surface area contributed by atoms with Crippen molar-refractivity contribution in [3.05, 3.63) is 41.3 Å². The summed E-state index contributed by atoms with van der Waals surface area (Å²) >= 11 is 1.73. The van der Waals surface area contributed by atoms with Gasteiger partial charge in [-0.05, 0) is 30.7 Å². The Kier molecular flexibility index (Phi) is 2.23. The second kappa shape index (κ2) is 3.61. The van der Waals surface area contributed by atoms with Crippen molar-refractivity contribution in [3.8, 4) is 16.2 Å². The molecule has 1 aromatic carbocycles. The van der Waals surface area contributed by atoms with Crippen LogP contribution in [0, 0.1) is 0 Å². The second-order valence-corrected chi connectivity index (χ2v) is 5.34. The first kappa shape index (κ1) is 9.87. The first-order chi connectivity index (χ1) is 7.75. The van der Waals surface area contributed by atoms with Crippen molar-refractivity contribution >= 4 is 11.3 Å². The van der Waals surface area contributed by atoms with Crippen LogP contribution in [0.4, 0.5) is 0 Å². The Morgan fingerprint density at radius 2 is 1.94 bits per heavy atom. The molecule has 3 heteroatoms. The third kappa shape index (κ3) is 1.62. The maximum absolute atomic E-state index is 9.76. The zero-order chi connectivity index (χ0) is 11.1. The van der Waals surface area contributed by atoms with Gasteiger partial charge in [0.1, 0.15) is 5.75 Å². The van der Waals surface area contributed by atoms with Gasteiger partial charge in [0, 0.05) is 27.3 Å². The first-order valence-corrected chi connectivity index (χ1v) is 6.21. The molecule has 0 saturated heterocycles. The summed E-state index contributed by atoms with van der Waals surface area (Å²) in [6, 6.07) is 12.0. The zero-order valence-corrected chi connectivity index (χ0v) is 9.58. The molecule has 3 N–H and O–H groups in total. The minimum absolute atomic E-state index is 0.343. The van der Waals surface area contributed by atoms with Gasteiger partial charge in [-0.25, -0.2) is 0 Å². The van der Waals surface area contributed by atoms with E-state index in [1.54, 1.807) is 17.4 Å². The smallest absolute Gasteiger partial charge is 0.124 e. The Morgan fingerprint density at radius 3 is 2.62 bits per heavy atom. The Labute approximate surface area is 98.4 Å². The summed E-state index contributed by atoms with van der Waals surface area (Å²) in [6.07, 6.45) is 1.10. The highest BCUT2D eigenvalue weighted by atomic mass is 32.1. The van der Waals surface area contributed by atoms with Crippen LogP contribution in [-0.2, 0) is 0 Å². The van der Waals surface area contributed by atoms with E-state index < -0.39 is 0 Å². The molecule has 0 unspecified atom stereocenters. The molecule has 0 radical (unpaired) electrons. The minimum atomic E-state index is 0.343. The van der Waals surface area contributed by atoms with E-state index in [-0.39, 0.29) is 0 Å². The van der Waals surface area contributed by atoms with Crippen LogP contribution in [0.15, 0.2) is 36.4 Å². The average Bonchev–Trinajstić information content (AvgIpc) is 2.82. The van der Waals surface area contributed by atoms with Crippen molar-refractivity contribution in [1.29, 1.82) is 0 Å². The maximum atomic E-state index is 9.76. The molecule has 1 aliphatic carbocycles. The molecule has 2 nitrogen and oxygen atoms in total. The van der Waals surface area contributed by atoms with Gasteiger partial charge in [-0.2, -0.15) is 0 Å². The highest BCUT2D eigenvalue weighted by Crippen LogP contribution is 2.45. The number of rotatable bonds is 2. The first-order valence-electron chi connectivity index (χ1n) is 5.39. The number of para-hydroxylation sites is 1. The van der Waals surface area contributed by atoms with Crippen molar-refractivity contribution < 1.29 is 5.11 Å².